The molecule has 0 amide bonds. The van der Waals surface area contributed by atoms with Crippen LogP contribution in [0, 0.1) is 0 Å². The van der Waals surface area contributed by atoms with Crippen molar-refractivity contribution in [2.24, 2.45) is 0 Å². The summed E-state index contributed by atoms with van der Waals surface area (Å²) in [5.41, 5.74) is 2.21. The van der Waals surface area contributed by atoms with Crippen LogP contribution in [0.3, 0.4) is 0 Å². The number of hydrogen-bond donors (Lipinski definition) is 1. The van der Waals surface area contributed by atoms with Gasteiger partial charge in [-0.3, -0.25) is 0 Å². The first-order valence-electron chi connectivity index (χ1n) is 5.39. The van der Waals surface area contributed by atoms with Gasteiger partial charge < -0.3 is 5.32 Å². The van der Waals surface area contributed by atoms with Gasteiger partial charge in [0.2, 0.25) is 0 Å². The molecule has 0 aliphatic rings. The Hall–Kier alpha value is -1.27. The van der Waals surface area contributed by atoms with Gasteiger partial charge in [0.05, 0.1) is 33.5 Å². The van der Waals surface area contributed by atoms with Gasteiger partial charge in [0.15, 0.2) is 0 Å². The zero-order valence-corrected chi connectivity index (χ0v) is 11.4. The molecular formula is C12H10ClF3N2S. The molecule has 0 aliphatic carbocycles. The highest BCUT2D eigenvalue weighted by atomic mass is 35.5. The maximum Gasteiger partial charge on any atom is 0.416 e. The van der Waals surface area contributed by atoms with E-state index in [0.717, 1.165) is 17.8 Å². The van der Waals surface area contributed by atoms with Crippen LogP contribution in [0.1, 0.15) is 24.2 Å². The van der Waals surface area contributed by atoms with Crippen molar-refractivity contribution in [3.05, 3.63) is 45.4 Å². The monoisotopic (exact) mass is 306 g/mol. The SMILES string of the molecule is CC(Nc1ccc(C(F)(F)F)cc1Cl)c1cscn1. The first-order valence-corrected chi connectivity index (χ1v) is 6.71. The summed E-state index contributed by atoms with van der Waals surface area (Å²) in [5.74, 6) is 0. The van der Waals surface area contributed by atoms with E-state index in [1.54, 1.807) is 5.51 Å². The number of alkyl halides is 3. The fourth-order valence-electron chi connectivity index (χ4n) is 1.55. The minimum atomic E-state index is -4.39. The predicted octanol–water partition coefficient (Wildman–Crippen LogP) is 4.99. The van der Waals surface area contributed by atoms with Gasteiger partial charge in [0.1, 0.15) is 0 Å². The lowest BCUT2D eigenvalue weighted by Gasteiger charge is -2.15. The summed E-state index contributed by atoms with van der Waals surface area (Å²) >= 11 is 7.32. The molecule has 1 aromatic heterocycles. The van der Waals surface area contributed by atoms with Gasteiger partial charge in [-0.1, -0.05) is 11.6 Å². The molecule has 1 heterocycles. The lowest BCUT2D eigenvalue weighted by molar-refractivity contribution is -0.137. The normalized spacial score (nSPS) is 13.3. The Morgan fingerprint density at radius 1 is 1.37 bits per heavy atom. The number of nitrogens with one attached hydrogen (secondary N) is 1. The third kappa shape index (κ3) is 3.39. The van der Waals surface area contributed by atoms with Gasteiger partial charge in [0.25, 0.3) is 0 Å². The van der Waals surface area contributed by atoms with Crippen LogP contribution in [0.5, 0.6) is 0 Å². The standard InChI is InChI=1S/C12H10ClF3N2S/c1-7(11-5-19-6-17-11)18-10-3-2-8(4-9(10)13)12(14,15)16/h2-7,18H,1H3. The average Bonchev–Trinajstić information content (AvgIpc) is 2.84. The third-order valence-electron chi connectivity index (χ3n) is 2.56. The Bertz CT molecular complexity index is 555. The highest BCUT2D eigenvalue weighted by Gasteiger charge is 2.30. The molecule has 0 fully saturated rings. The maximum absolute atomic E-state index is 12.5. The smallest absolute Gasteiger partial charge is 0.376 e. The Morgan fingerprint density at radius 2 is 2.11 bits per heavy atom. The first kappa shape index (κ1) is 14.1. The van der Waals surface area contributed by atoms with Crippen molar-refractivity contribution < 1.29 is 13.2 Å². The number of halogens is 4. The molecule has 1 atom stereocenters. The summed E-state index contributed by atoms with van der Waals surface area (Å²) in [4.78, 5) is 4.13. The molecule has 0 aliphatic heterocycles. The molecule has 0 saturated heterocycles. The number of aromatic nitrogens is 1. The van der Waals surface area contributed by atoms with E-state index in [0.29, 0.717) is 5.69 Å². The van der Waals surface area contributed by atoms with Crippen LogP contribution in [0.15, 0.2) is 29.1 Å². The van der Waals surface area contributed by atoms with Crippen molar-refractivity contribution in [3.8, 4) is 0 Å². The molecule has 2 nitrogen and oxygen atoms in total. The molecule has 0 saturated carbocycles. The van der Waals surface area contributed by atoms with Crippen molar-refractivity contribution in [1.29, 1.82) is 0 Å². The van der Waals surface area contributed by atoms with Gasteiger partial charge in [-0.15, -0.1) is 11.3 Å². The van der Waals surface area contributed by atoms with Crippen LogP contribution in [0.25, 0.3) is 0 Å². The summed E-state index contributed by atoms with van der Waals surface area (Å²) in [7, 11) is 0. The topological polar surface area (TPSA) is 24.9 Å². The molecule has 1 unspecified atom stereocenters. The van der Waals surface area contributed by atoms with Crippen LogP contribution >= 0.6 is 22.9 Å². The number of benzene rings is 1. The molecular weight excluding hydrogens is 297 g/mol. The van der Waals surface area contributed by atoms with Crippen molar-refractivity contribution in [3.63, 3.8) is 0 Å². The van der Waals surface area contributed by atoms with E-state index in [1.807, 2.05) is 12.3 Å². The molecule has 19 heavy (non-hydrogen) atoms. The van der Waals surface area contributed by atoms with E-state index in [1.165, 1.54) is 17.4 Å². The van der Waals surface area contributed by atoms with Crippen molar-refractivity contribution in [1.82, 2.24) is 4.98 Å². The Balaban J connectivity index is 2.18. The summed E-state index contributed by atoms with van der Waals surface area (Å²) in [6.07, 6.45) is -4.39. The van der Waals surface area contributed by atoms with Crippen molar-refractivity contribution >= 4 is 28.6 Å². The lowest BCUT2D eigenvalue weighted by atomic mass is 10.1. The minimum Gasteiger partial charge on any atom is -0.376 e. The molecule has 0 radical (unpaired) electrons. The van der Waals surface area contributed by atoms with E-state index in [9.17, 15) is 13.2 Å². The third-order valence-corrected chi connectivity index (χ3v) is 3.48. The number of thiazole rings is 1. The maximum atomic E-state index is 12.5. The van der Waals surface area contributed by atoms with E-state index in [4.69, 9.17) is 11.6 Å². The zero-order valence-electron chi connectivity index (χ0n) is 9.83. The summed E-state index contributed by atoms with van der Waals surface area (Å²) < 4.78 is 37.5. The molecule has 1 aromatic carbocycles. The largest absolute Gasteiger partial charge is 0.416 e. The van der Waals surface area contributed by atoms with Gasteiger partial charge in [-0.2, -0.15) is 13.2 Å². The molecule has 2 rings (SSSR count). The second kappa shape index (κ2) is 5.38. The van der Waals surface area contributed by atoms with E-state index >= 15 is 0 Å². The summed E-state index contributed by atoms with van der Waals surface area (Å²) in [6, 6.07) is 3.12. The molecule has 0 bridgehead atoms. The fourth-order valence-corrected chi connectivity index (χ4v) is 2.43. The highest BCUT2D eigenvalue weighted by molar-refractivity contribution is 7.07. The number of anilines is 1. The zero-order chi connectivity index (χ0) is 14.0. The number of hydrogen-bond acceptors (Lipinski definition) is 3. The second-order valence-electron chi connectivity index (χ2n) is 3.97. The minimum absolute atomic E-state index is 0.0388. The predicted molar refractivity (Wildman–Crippen MR) is 70.6 cm³/mol. The summed E-state index contributed by atoms with van der Waals surface area (Å²) in [6.45, 7) is 1.86. The van der Waals surface area contributed by atoms with E-state index in [2.05, 4.69) is 10.3 Å². The number of rotatable bonds is 3. The Morgan fingerprint density at radius 3 is 2.63 bits per heavy atom. The molecule has 2 aromatic rings. The van der Waals surface area contributed by atoms with Gasteiger partial charge in [0, 0.05) is 5.38 Å². The van der Waals surface area contributed by atoms with Crippen LogP contribution in [0.2, 0.25) is 5.02 Å². The summed E-state index contributed by atoms with van der Waals surface area (Å²) in [5, 5.41) is 4.95. The van der Waals surface area contributed by atoms with Gasteiger partial charge in [-0.25, -0.2) is 4.98 Å². The fraction of sp³-hybridized carbons (Fsp3) is 0.250. The molecule has 0 spiro atoms. The Labute approximate surface area is 117 Å². The van der Waals surface area contributed by atoms with Crippen LogP contribution in [0.4, 0.5) is 18.9 Å². The number of nitrogens with zero attached hydrogens (tertiary/aromatic N) is 1. The highest BCUT2D eigenvalue weighted by Crippen LogP contribution is 2.34. The van der Waals surface area contributed by atoms with Crippen LogP contribution < -0.4 is 5.32 Å². The molecule has 7 heteroatoms. The van der Waals surface area contributed by atoms with E-state index < -0.39 is 11.7 Å². The molecule has 102 valence electrons. The van der Waals surface area contributed by atoms with Crippen molar-refractivity contribution in [2.75, 3.05) is 5.32 Å². The second-order valence-corrected chi connectivity index (χ2v) is 5.10. The first-order chi connectivity index (χ1) is 8.88. The van der Waals surface area contributed by atoms with Crippen LogP contribution in [-0.4, -0.2) is 4.98 Å². The van der Waals surface area contributed by atoms with Crippen LogP contribution in [-0.2, 0) is 6.18 Å². The lowest BCUT2D eigenvalue weighted by Crippen LogP contribution is -2.09. The van der Waals surface area contributed by atoms with Gasteiger partial charge >= 0.3 is 6.18 Å². The molecule has 1 N–H and O–H groups in total. The van der Waals surface area contributed by atoms with Crippen molar-refractivity contribution in [2.45, 2.75) is 19.1 Å². The van der Waals surface area contributed by atoms with E-state index in [-0.39, 0.29) is 11.1 Å². The van der Waals surface area contributed by atoms with Gasteiger partial charge in [-0.05, 0) is 25.1 Å². The average molecular weight is 307 g/mol. The quantitative estimate of drug-likeness (QED) is 0.864. The Kier molecular flexibility index (Phi) is 4.01.